The van der Waals surface area contributed by atoms with Gasteiger partial charge in [0.15, 0.2) is 0 Å². The van der Waals surface area contributed by atoms with Crippen LogP contribution in [-0.4, -0.2) is 41.3 Å². The summed E-state index contributed by atoms with van der Waals surface area (Å²) in [6.45, 7) is 1.29. The minimum Gasteiger partial charge on any atom is -0.497 e. The first-order valence-electron chi connectivity index (χ1n) is 8.51. The number of hydrogen-bond acceptors (Lipinski definition) is 5. The van der Waals surface area contributed by atoms with Gasteiger partial charge in [-0.05, 0) is 43.3 Å². The molecule has 7 nitrogen and oxygen atoms in total. The number of benzene rings is 2. The Kier molecular flexibility index (Phi) is 7.62. The molecule has 0 aliphatic rings. The fourth-order valence-electron chi connectivity index (χ4n) is 2.73. The molecule has 10 heteroatoms. The average molecular weight is 461 g/mol. The van der Waals surface area contributed by atoms with Crippen molar-refractivity contribution in [3.05, 3.63) is 52.0 Å². The van der Waals surface area contributed by atoms with E-state index >= 15 is 0 Å². The van der Waals surface area contributed by atoms with Crippen LogP contribution in [0.3, 0.4) is 0 Å². The fraction of sp³-hybridized carbons (Fsp3) is 0.316. The van der Waals surface area contributed by atoms with Gasteiger partial charge < -0.3 is 14.8 Å². The number of rotatable bonds is 8. The molecule has 0 heterocycles. The first kappa shape index (κ1) is 23.1. The van der Waals surface area contributed by atoms with E-state index in [9.17, 15) is 13.2 Å². The van der Waals surface area contributed by atoms with Gasteiger partial charge in [-0.3, -0.25) is 9.10 Å². The normalized spacial score (nSPS) is 12.2. The van der Waals surface area contributed by atoms with Gasteiger partial charge in [0, 0.05) is 10.6 Å². The van der Waals surface area contributed by atoms with Gasteiger partial charge in [0.25, 0.3) is 0 Å². The highest BCUT2D eigenvalue weighted by molar-refractivity contribution is 7.92. The lowest BCUT2D eigenvalue weighted by molar-refractivity contribution is -0.120. The standard InChI is InChI=1S/C19H22Cl2N2O5S/c1-12(15-10-14(27-2)6-8-18(15)28-3)22-19(24)11-23(29(4,25)26)17-9-13(20)5-7-16(17)21/h5-10,12H,11H2,1-4H3,(H,22,24)/t12-/m0/s1. The molecule has 2 aromatic rings. The lowest BCUT2D eigenvalue weighted by Crippen LogP contribution is -2.41. The van der Waals surface area contributed by atoms with Gasteiger partial charge in [-0.2, -0.15) is 0 Å². The van der Waals surface area contributed by atoms with Gasteiger partial charge in [-0.1, -0.05) is 23.2 Å². The van der Waals surface area contributed by atoms with Crippen LogP contribution in [0.15, 0.2) is 36.4 Å². The molecule has 2 aromatic carbocycles. The molecule has 1 amide bonds. The first-order valence-corrected chi connectivity index (χ1v) is 11.1. The van der Waals surface area contributed by atoms with Crippen LogP contribution in [0.4, 0.5) is 5.69 Å². The minimum absolute atomic E-state index is 0.128. The number of nitrogens with zero attached hydrogens (tertiary/aromatic N) is 1. The van der Waals surface area contributed by atoms with Crippen LogP contribution in [0, 0.1) is 0 Å². The zero-order valence-corrected chi connectivity index (χ0v) is 18.7. The summed E-state index contributed by atoms with van der Waals surface area (Å²) in [5.41, 5.74) is 0.815. The number of hydrogen-bond donors (Lipinski definition) is 1. The summed E-state index contributed by atoms with van der Waals surface area (Å²) >= 11 is 12.1. The van der Waals surface area contributed by atoms with Crippen molar-refractivity contribution in [2.45, 2.75) is 13.0 Å². The summed E-state index contributed by atoms with van der Waals surface area (Å²) in [6.07, 6.45) is 0.992. The first-order chi connectivity index (χ1) is 13.6. The van der Waals surface area contributed by atoms with Crippen molar-refractivity contribution in [3.8, 4) is 11.5 Å². The van der Waals surface area contributed by atoms with Crippen molar-refractivity contribution in [1.82, 2.24) is 5.32 Å². The summed E-state index contributed by atoms with van der Waals surface area (Å²) in [4.78, 5) is 12.6. The quantitative estimate of drug-likeness (QED) is 0.649. The number of carbonyl (C=O) groups is 1. The minimum atomic E-state index is -3.79. The van der Waals surface area contributed by atoms with E-state index < -0.39 is 28.5 Å². The number of sulfonamides is 1. The highest BCUT2D eigenvalue weighted by Crippen LogP contribution is 2.31. The predicted molar refractivity (Wildman–Crippen MR) is 115 cm³/mol. The van der Waals surface area contributed by atoms with E-state index in [1.165, 1.54) is 32.4 Å². The number of methoxy groups -OCH3 is 2. The Morgan fingerprint density at radius 2 is 1.83 bits per heavy atom. The Bertz CT molecular complexity index is 998. The smallest absolute Gasteiger partial charge is 0.241 e. The third-order valence-corrected chi connectivity index (χ3v) is 5.83. The zero-order chi connectivity index (χ0) is 21.8. The van der Waals surface area contributed by atoms with Gasteiger partial charge in [-0.25, -0.2) is 8.42 Å². The molecular formula is C19H22Cl2N2O5S. The van der Waals surface area contributed by atoms with Crippen LogP contribution in [0.5, 0.6) is 11.5 Å². The van der Waals surface area contributed by atoms with Crippen LogP contribution < -0.4 is 19.1 Å². The van der Waals surface area contributed by atoms with E-state index in [1.54, 1.807) is 25.1 Å². The predicted octanol–water partition coefficient (Wildman–Crippen LogP) is 3.65. The zero-order valence-electron chi connectivity index (χ0n) is 16.4. The molecule has 0 radical (unpaired) electrons. The number of amides is 1. The Hall–Kier alpha value is -2.16. The molecule has 1 N–H and O–H groups in total. The highest BCUT2D eigenvalue weighted by atomic mass is 35.5. The SMILES string of the molecule is COc1ccc(OC)c([C@H](C)NC(=O)CN(c2cc(Cl)ccc2Cl)S(C)(=O)=O)c1. The number of anilines is 1. The molecular weight excluding hydrogens is 439 g/mol. The maximum Gasteiger partial charge on any atom is 0.241 e. The number of nitrogens with one attached hydrogen (secondary N) is 1. The van der Waals surface area contributed by atoms with Crippen molar-refractivity contribution >= 4 is 44.8 Å². The number of carbonyl (C=O) groups excluding carboxylic acids is 1. The molecule has 0 saturated heterocycles. The van der Waals surface area contributed by atoms with Crippen LogP contribution in [0.1, 0.15) is 18.5 Å². The van der Waals surface area contributed by atoms with Crippen LogP contribution in [0.25, 0.3) is 0 Å². The van der Waals surface area contributed by atoms with Crippen molar-refractivity contribution in [2.75, 3.05) is 31.3 Å². The summed E-state index contributed by atoms with van der Waals surface area (Å²) < 4.78 is 36.0. The van der Waals surface area contributed by atoms with Gasteiger partial charge in [-0.15, -0.1) is 0 Å². The number of ether oxygens (including phenoxy) is 2. The lowest BCUT2D eigenvalue weighted by Gasteiger charge is -2.24. The van der Waals surface area contributed by atoms with Gasteiger partial charge in [0.1, 0.15) is 18.0 Å². The van der Waals surface area contributed by atoms with E-state index in [2.05, 4.69) is 5.32 Å². The lowest BCUT2D eigenvalue weighted by atomic mass is 10.1. The third kappa shape index (κ3) is 5.91. The van der Waals surface area contributed by atoms with Gasteiger partial charge in [0.05, 0.1) is 37.2 Å². The molecule has 0 aromatic heterocycles. The highest BCUT2D eigenvalue weighted by Gasteiger charge is 2.25. The molecule has 1 atom stereocenters. The van der Waals surface area contributed by atoms with E-state index in [0.29, 0.717) is 22.1 Å². The molecule has 158 valence electrons. The van der Waals surface area contributed by atoms with Gasteiger partial charge >= 0.3 is 0 Å². The van der Waals surface area contributed by atoms with Crippen LogP contribution >= 0.6 is 23.2 Å². The van der Waals surface area contributed by atoms with Gasteiger partial charge in [0.2, 0.25) is 15.9 Å². The Morgan fingerprint density at radius 3 is 2.41 bits per heavy atom. The molecule has 0 unspecified atom stereocenters. The second-order valence-corrected chi connectivity index (χ2v) is 9.01. The van der Waals surface area contributed by atoms with E-state index in [0.717, 1.165) is 10.6 Å². The molecule has 2 rings (SSSR count). The second kappa shape index (κ2) is 9.56. The molecule has 0 fully saturated rings. The van der Waals surface area contributed by atoms with E-state index in [1.807, 2.05) is 0 Å². The largest absolute Gasteiger partial charge is 0.497 e. The summed E-state index contributed by atoms with van der Waals surface area (Å²) in [5, 5.41) is 3.23. The van der Waals surface area contributed by atoms with E-state index in [4.69, 9.17) is 32.7 Å². The average Bonchev–Trinajstić information content (AvgIpc) is 2.66. The summed E-state index contributed by atoms with van der Waals surface area (Å²) in [5.74, 6) is 0.644. The Morgan fingerprint density at radius 1 is 1.14 bits per heavy atom. The summed E-state index contributed by atoms with van der Waals surface area (Å²) in [6, 6.07) is 9.14. The van der Waals surface area contributed by atoms with Crippen LogP contribution in [-0.2, 0) is 14.8 Å². The van der Waals surface area contributed by atoms with Crippen molar-refractivity contribution in [2.24, 2.45) is 0 Å². The van der Waals surface area contributed by atoms with Crippen LogP contribution in [0.2, 0.25) is 10.0 Å². The maximum atomic E-state index is 12.6. The maximum absolute atomic E-state index is 12.6. The monoisotopic (exact) mass is 460 g/mol. The molecule has 0 aliphatic heterocycles. The molecule has 0 aliphatic carbocycles. The topological polar surface area (TPSA) is 84.9 Å². The molecule has 0 spiro atoms. The van der Waals surface area contributed by atoms with E-state index in [-0.39, 0.29) is 10.7 Å². The number of halogens is 2. The second-order valence-electron chi connectivity index (χ2n) is 6.26. The van der Waals surface area contributed by atoms with Crippen molar-refractivity contribution in [1.29, 1.82) is 0 Å². The summed E-state index contributed by atoms with van der Waals surface area (Å²) in [7, 11) is -0.736. The van der Waals surface area contributed by atoms with Crippen molar-refractivity contribution in [3.63, 3.8) is 0 Å². The Labute approximate surface area is 180 Å². The fourth-order valence-corrected chi connectivity index (χ4v) is 4.03. The molecule has 0 bridgehead atoms. The molecule has 0 saturated carbocycles. The Balaban J connectivity index is 2.26. The third-order valence-electron chi connectivity index (χ3n) is 4.15. The molecule has 29 heavy (non-hydrogen) atoms. The van der Waals surface area contributed by atoms with Crippen molar-refractivity contribution < 1.29 is 22.7 Å².